The van der Waals surface area contributed by atoms with E-state index in [0.29, 0.717) is 5.69 Å². The number of H-pyrrole nitrogens is 3. The summed E-state index contributed by atoms with van der Waals surface area (Å²) in [6, 6.07) is 10.8. The molecule has 0 bridgehead atoms. The molecule has 8 N–H and O–H groups in total. The van der Waals surface area contributed by atoms with E-state index in [1.165, 1.54) is 19.6 Å². The fourth-order valence-corrected chi connectivity index (χ4v) is 6.12. The first-order valence-corrected chi connectivity index (χ1v) is 16.8. The molecule has 14 nitrogen and oxygen atoms in total. The van der Waals surface area contributed by atoms with Gasteiger partial charge in [-0.05, 0) is 30.3 Å². The summed E-state index contributed by atoms with van der Waals surface area (Å²) >= 11 is 0. The molecule has 5 rings (SSSR count). The number of benzene rings is 2. The van der Waals surface area contributed by atoms with Crippen LogP contribution in [0.4, 0.5) is 0 Å². The first kappa shape index (κ1) is 36.5. The van der Waals surface area contributed by atoms with Crippen LogP contribution < -0.4 is 21.3 Å². The second-order valence-electron chi connectivity index (χ2n) is 13.6. The van der Waals surface area contributed by atoms with Gasteiger partial charge in [-0.15, -0.1) is 0 Å². The molecule has 51 heavy (non-hydrogen) atoms. The Morgan fingerprint density at radius 3 is 1.69 bits per heavy atom. The number of imidazole rings is 1. The highest BCUT2D eigenvalue weighted by Crippen LogP contribution is 2.24. The number of carboxylic acids is 1. The molecule has 0 saturated heterocycles. The van der Waals surface area contributed by atoms with Crippen molar-refractivity contribution in [2.24, 2.45) is 5.41 Å². The standard InChI is InChI=1S/C37H44N8O6/c1-37(2,3)33(48)28(13-21-17-40-26-11-7-5-9-24(21)26)43-36(51)31(15-23-19-39-20-42-23)45-35(50)30(44-34(49)29(38-4)16-32(46)47)14-22-18-41-27-12-8-6-10-25(22)27/h5-12,17-20,28-31,38,40-41H,13-16H2,1-4H3,(H,39,42)(H,43,51)(H,44,49)(H,45,50)(H,46,47)/t28-,29-,30-,31-/m0/s1. The van der Waals surface area contributed by atoms with E-state index in [-0.39, 0.29) is 25.0 Å². The van der Waals surface area contributed by atoms with E-state index in [1.54, 1.807) is 27.0 Å². The van der Waals surface area contributed by atoms with Crippen molar-refractivity contribution in [2.75, 3.05) is 7.05 Å². The molecule has 0 aliphatic carbocycles. The lowest BCUT2D eigenvalue weighted by atomic mass is 9.84. The third kappa shape index (κ3) is 9.08. The number of rotatable bonds is 16. The Labute approximate surface area is 294 Å². The number of para-hydroxylation sites is 2. The van der Waals surface area contributed by atoms with Crippen LogP contribution in [0.2, 0.25) is 0 Å². The maximum absolute atomic E-state index is 14.2. The fourth-order valence-electron chi connectivity index (χ4n) is 6.12. The normalized spacial score (nSPS) is 14.0. The first-order valence-electron chi connectivity index (χ1n) is 16.8. The van der Waals surface area contributed by atoms with Crippen molar-refractivity contribution in [1.29, 1.82) is 0 Å². The average molecular weight is 697 g/mol. The minimum Gasteiger partial charge on any atom is -0.481 e. The van der Waals surface area contributed by atoms with E-state index < -0.39 is 59.7 Å². The Morgan fingerprint density at radius 2 is 1.20 bits per heavy atom. The number of fused-ring (bicyclic) bond motifs is 2. The molecule has 268 valence electrons. The number of carbonyl (C=O) groups excluding carboxylic acids is 4. The van der Waals surface area contributed by atoms with Gasteiger partial charge in [0.2, 0.25) is 17.7 Å². The first-order chi connectivity index (χ1) is 24.3. The maximum Gasteiger partial charge on any atom is 0.305 e. The van der Waals surface area contributed by atoms with Crippen LogP contribution in [0.1, 0.15) is 44.0 Å². The zero-order valence-electron chi connectivity index (χ0n) is 29.0. The van der Waals surface area contributed by atoms with Gasteiger partial charge in [0.05, 0.1) is 24.8 Å². The lowest BCUT2D eigenvalue weighted by Gasteiger charge is -2.28. The highest BCUT2D eigenvalue weighted by Gasteiger charge is 2.35. The average Bonchev–Trinajstić information content (AvgIpc) is 3.86. The van der Waals surface area contributed by atoms with E-state index in [0.717, 1.165) is 32.9 Å². The Morgan fingerprint density at radius 1 is 0.706 bits per heavy atom. The van der Waals surface area contributed by atoms with Gasteiger partial charge < -0.3 is 41.3 Å². The topological polar surface area (TPSA) is 214 Å². The molecule has 0 spiro atoms. The number of carbonyl (C=O) groups is 5. The van der Waals surface area contributed by atoms with Crippen molar-refractivity contribution in [2.45, 2.75) is 70.6 Å². The molecule has 4 atom stereocenters. The molecule has 3 heterocycles. The van der Waals surface area contributed by atoms with Gasteiger partial charge in [-0.1, -0.05) is 57.2 Å². The van der Waals surface area contributed by atoms with Crippen LogP contribution in [0.15, 0.2) is 73.4 Å². The van der Waals surface area contributed by atoms with Crippen LogP contribution >= 0.6 is 0 Å². The number of hydrogen-bond acceptors (Lipinski definition) is 7. The smallest absolute Gasteiger partial charge is 0.305 e. The van der Waals surface area contributed by atoms with E-state index in [2.05, 4.69) is 41.2 Å². The molecule has 14 heteroatoms. The van der Waals surface area contributed by atoms with Crippen LogP contribution in [-0.4, -0.2) is 85.7 Å². The summed E-state index contributed by atoms with van der Waals surface area (Å²) in [6.45, 7) is 5.36. The van der Waals surface area contributed by atoms with Gasteiger partial charge in [0.1, 0.15) is 12.1 Å². The summed E-state index contributed by atoms with van der Waals surface area (Å²) in [6.07, 6.45) is 6.30. The number of carboxylic acid groups (broad SMARTS) is 1. The molecule has 0 radical (unpaired) electrons. The summed E-state index contributed by atoms with van der Waals surface area (Å²) in [4.78, 5) is 80.2. The van der Waals surface area contributed by atoms with Crippen LogP contribution in [0.25, 0.3) is 21.8 Å². The summed E-state index contributed by atoms with van der Waals surface area (Å²) in [5.74, 6) is -3.34. The number of aromatic amines is 3. The minimum absolute atomic E-state index is 0.00694. The zero-order chi connectivity index (χ0) is 36.7. The Balaban J connectivity index is 1.43. The maximum atomic E-state index is 14.2. The molecule has 0 saturated carbocycles. The lowest BCUT2D eigenvalue weighted by molar-refractivity contribution is -0.140. The number of nitrogens with one attached hydrogen (secondary N) is 7. The predicted octanol–water partition coefficient (Wildman–Crippen LogP) is 2.53. The number of ketones is 1. The Bertz CT molecular complexity index is 2010. The summed E-state index contributed by atoms with van der Waals surface area (Å²) in [5, 5.41) is 22.2. The molecule has 0 aliphatic heterocycles. The number of amides is 3. The number of aliphatic carboxylic acids is 1. The summed E-state index contributed by atoms with van der Waals surface area (Å²) in [7, 11) is 1.46. The van der Waals surface area contributed by atoms with Crippen LogP contribution in [0.3, 0.4) is 0 Å². The molecular weight excluding hydrogens is 652 g/mol. The van der Waals surface area contributed by atoms with Gasteiger partial charge in [-0.25, -0.2) is 4.98 Å². The van der Waals surface area contributed by atoms with Crippen molar-refractivity contribution >= 4 is 51.3 Å². The molecule has 0 aliphatic rings. The molecule has 0 unspecified atom stereocenters. The quantitative estimate of drug-likeness (QED) is 0.0766. The SMILES string of the molecule is CN[C@@H](CC(=O)O)C(=O)N[C@@H](Cc1c[nH]c2ccccc12)C(=O)N[C@@H](Cc1cnc[nH]1)C(=O)N[C@@H](Cc1c[nH]c2ccccc12)C(=O)C(C)(C)C. The van der Waals surface area contributed by atoms with Crippen molar-refractivity contribution < 1.29 is 29.1 Å². The van der Waals surface area contributed by atoms with E-state index in [1.807, 2.05) is 54.7 Å². The van der Waals surface area contributed by atoms with Crippen molar-refractivity contribution in [1.82, 2.24) is 41.2 Å². The molecule has 5 aromatic rings. The van der Waals surface area contributed by atoms with Crippen LogP contribution in [-0.2, 0) is 43.2 Å². The monoisotopic (exact) mass is 696 g/mol. The third-order valence-corrected chi connectivity index (χ3v) is 8.86. The van der Waals surface area contributed by atoms with Crippen LogP contribution in [0, 0.1) is 5.41 Å². The van der Waals surface area contributed by atoms with E-state index in [9.17, 15) is 29.1 Å². The largest absolute Gasteiger partial charge is 0.481 e. The number of Topliss-reactive ketones (excluding diaryl/α,β-unsaturated/α-hetero) is 1. The second kappa shape index (κ2) is 15.9. The van der Waals surface area contributed by atoms with Gasteiger partial charge >= 0.3 is 5.97 Å². The van der Waals surface area contributed by atoms with Gasteiger partial charge in [0.15, 0.2) is 5.78 Å². The molecule has 3 amide bonds. The zero-order valence-corrected chi connectivity index (χ0v) is 29.0. The minimum atomic E-state index is -1.20. The summed E-state index contributed by atoms with van der Waals surface area (Å²) in [5.41, 5.74) is 3.08. The number of aromatic nitrogens is 4. The molecular formula is C37H44N8O6. The van der Waals surface area contributed by atoms with Crippen molar-refractivity contribution in [3.8, 4) is 0 Å². The second-order valence-corrected chi connectivity index (χ2v) is 13.6. The molecule has 3 aromatic heterocycles. The predicted molar refractivity (Wildman–Crippen MR) is 192 cm³/mol. The van der Waals surface area contributed by atoms with Gasteiger partial charge in [-0.2, -0.15) is 0 Å². The van der Waals surface area contributed by atoms with Gasteiger partial charge in [0, 0.05) is 70.8 Å². The number of hydrogen-bond donors (Lipinski definition) is 8. The van der Waals surface area contributed by atoms with Gasteiger partial charge in [0.25, 0.3) is 0 Å². The van der Waals surface area contributed by atoms with Crippen LogP contribution in [0.5, 0.6) is 0 Å². The van der Waals surface area contributed by atoms with Crippen molar-refractivity contribution in [3.63, 3.8) is 0 Å². The molecule has 2 aromatic carbocycles. The summed E-state index contributed by atoms with van der Waals surface area (Å²) < 4.78 is 0. The highest BCUT2D eigenvalue weighted by atomic mass is 16.4. The van der Waals surface area contributed by atoms with E-state index in [4.69, 9.17) is 0 Å². The van der Waals surface area contributed by atoms with Crippen molar-refractivity contribution in [3.05, 3.63) is 90.3 Å². The Kier molecular flexibility index (Phi) is 11.3. The Hall–Kier alpha value is -5.76. The third-order valence-electron chi connectivity index (χ3n) is 8.86. The van der Waals surface area contributed by atoms with E-state index >= 15 is 0 Å². The highest BCUT2D eigenvalue weighted by molar-refractivity contribution is 5.97. The lowest BCUT2D eigenvalue weighted by Crippen LogP contribution is -2.59. The fraction of sp³-hybridized carbons (Fsp3) is 0.351. The number of likely N-dealkylation sites (N-methyl/N-ethyl adjacent to an activating group) is 1. The van der Waals surface area contributed by atoms with Gasteiger partial charge in [-0.3, -0.25) is 24.0 Å². The number of nitrogens with zero attached hydrogens (tertiary/aromatic N) is 1. The molecule has 0 fully saturated rings.